The Hall–Kier alpha value is -2.40. The molecular weight excluding hydrogens is 439 g/mol. The number of hydrogen-bond acceptors (Lipinski definition) is 7. The monoisotopic (exact) mass is 460 g/mol. The number of fused-ring (bicyclic) bond motifs is 1. The molecule has 0 saturated carbocycles. The summed E-state index contributed by atoms with van der Waals surface area (Å²) in [5.74, 6) is -0.570. The Morgan fingerprint density at radius 3 is 2.74 bits per heavy atom. The van der Waals surface area contributed by atoms with Crippen molar-refractivity contribution in [1.82, 2.24) is 18.8 Å². The zero-order valence-electron chi connectivity index (χ0n) is 17.0. The van der Waals surface area contributed by atoms with Crippen LogP contribution in [0.4, 0.5) is 4.39 Å². The molecule has 0 amide bonds. The minimum absolute atomic E-state index is 0.174. The third-order valence-electron chi connectivity index (χ3n) is 5.88. The quantitative estimate of drug-likeness (QED) is 0.644. The van der Waals surface area contributed by atoms with Crippen LogP contribution in [0.1, 0.15) is 18.4 Å². The number of nitrogens with zero attached hydrogens (tertiary/aromatic N) is 4. The third-order valence-corrected chi connectivity index (χ3v) is 9.38. The van der Waals surface area contributed by atoms with Gasteiger partial charge in [0.2, 0.25) is 10.0 Å². The second-order valence-corrected chi connectivity index (χ2v) is 11.7. The van der Waals surface area contributed by atoms with Gasteiger partial charge in [-0.05, 0) is 44.7 Å². The first-order chi connectivity index (χ1) is 14.6. The number of pyridine rings is 1. The standard InChI is InChI=1S/C21H21FN4O3S2/c1-20(7-3-4-14(22)10-20)31(28,29)26-9-6-16-15(5-8-23-18(16)26)17-11-24-19(30-17)21(27)12-25(2)13-21/h3-6,8-11,27H,7,12-13H2,1-2H3. The Bertz CT molecular complexity index is 1350. The number of allylic oxidation sites excluding steroid dienone is 3. The van der Waals surface area contributed by atoms with E-state index in [4.69, 9.17) is 0 Å². The molecule has 0 aromatic carbocycles. The van der Waals surface area contributed by atoms with Gasteiger partial charge in [-0.15, -0.1) is 11.3 Å². The Balaban J connectivity index is 1.58. The van der Waals surface area contributed by atoms with Gasteiger partial charge in [0.05, 0.1) is 4.88 Å². The lowest BCUT2D eigenvalue weighted by atomic mass is 9.96. The van der Waals surface area contributed by atoms with E-state index in [9.17, 15) is 17.9 Å². The average molecular weight is 461 g/mol. The van der Waals surface area contributed by atoms with E-state index in [-0.39, 0.29) is 12.1 Å². The smallest absolute Gasteiger partial charge is 0.249 e. The van der Waals surface area contributed by atoms with Crippen molar-refractivity contribution in [2.45, 2.75) is 23.7 Å². The maximum atomic E-state index is 13.9. The first kappa shape index (κ1) is 20.5. The van der Waals surface area contributed by atoms with Crippen LogP contribution in [0.15, 0.2) is 54.8 Å². The Kier molecular flexibility index (Phi) is 4.50. The summed E-state index contributed by atoms with van der Waals surface area (Å²) in [5.41, 5.74) is 0.118. The average Bonchev–Trinajstić information content (AvgIpc) is 3.34. The third kappa shape index (κ3) is 3.08. The number of rotatable bonds is 4. The maximum Gasteiger partial charge on any atom is 0.249 e. The summed E-state index contributed by atoms with van der Waals surface area (Å²) in [7, 11) is -2.03. The van der Waals surface area contributed by atoms with Crippen LogP contribution in [-0.4, -0.2) is 57.2 Å². The Labute approximate surface area is 183 Å². The van der Waals surface area contributed by atoms with Gasteiger partial charge in [-0.1, -0.05) is 6.08 Å². The molecule has 7 nitrogen and oxygen atoms in total. The van der Waals surface area contributed by atoms with Crippen molar-refractivity contribution in [2.75, 3.05) is 20.1 Å². The van der Waals surface area contributed by atoms with E-state index in [1.807, 2.05) is 11.9 Å². The highest BCUT2D eigenvalue weighted by Gasteiger charge is 2.43. The molecule has 1 aliphatic heterocycles. The molecule has 31 heavy (non-hydrogen) atoms. The zero-order valence-corrected chi connectivity index (χ0v) is 18.6. The van der Waals surface area contributed by atoms with Gasteiger partial charge in [-0.3, -0.25) is 4.90 Å². The number of likely N-dealkylation sites (N-methyl/N-ethyl adjacent to an activating group) is 1. The minimum Gasteiger partial charge on any atom is -0.380 e. The summed E-state index contributed by atoms with van der Waals surface area (Å²) in [6.07, 6.45) is 8.82. The van der Waals surface area contributed by atoms with Gasteiger partial charge in [0, 0.05) is 42.6 Å². The summed E-state index contributed by atoms with van der Waals surface area (Å²) < 4.78 is 40.4. The van der Waals surface area contributed by atoms with Gasteiger partial charge in [-0.25, -0.2) is 26.7 Å². The lowest BCUT2D eigenvalue weighted by molar-refractivity contribution is -0.0919. The molecule has 10 heteroatoms. The SMILES string of the molecule is CN1CC(O)(c2ncc(-c3ccnc4c3ccn4S(=O)(=O)C3(C)C=C(F)C=CC3)s2)C1. The van der Waals surface area contributed by atoms with Crippen molar-refractivity contribution in [2.24, 2.45) is 0 Å². The molecule has 1 aliphatic carbocycles. The molecule has 1 N–H and O–H groups in total. The second kappa shape index (κ2) is 6.80. The van der Waals surface area contributed by atoms with Gasteiger partial charge < -0.3 is 5.11 Å². The van der Waals surface area contributed by atoms with Crippen LogP contribution in [-0.2, 0) is 15.6 Å². The molecule has 4 heterocycles. The van der Waals surface area contributed by atoms with Crippen molar-refractivity contribution in [3.63, 3.8) is 0 Å². The van der Waals surface area contributed by atoms with Crippen LogP contribution in [0.5, 0.6) is 0 Å². The number of aromatic nitrogens is 3. The number of likely N-dealkylation sites (tertiary alicyclic amines) is 1. The van der Waals surface area contributed by atoms with Crippen molar-refractivity contribution in [3.05, 3.63) is 59.8 Å². The first-order valence-electron chi connectivity index (χ1n) is 9.77. The van der Waals surface area contributed by atoms with Crippen molar-refractivity contribution >= 4 is 32.4 Å². The maximum absolute atomic E-state index is 13.9. The summed E-state index contributed by atoms with van der Waals surface area (Å²) in [6, 6.07) is 3.50. The van der Waals surface area contributed by atoms with Crippen molar-refractivity contribution in [1.29, 1.82) is 0 Å². The topological polar surface area (TPSA) is 88.3 Å². The first-order valence-corrected chi connectivity index (χ1v) is 12.0. The lowest BCUT2D eigenvalue weighted by Gasteiger charge is -2.42. The fraction of sp³-hybridized carbons (Fsp3) is 0.333. The molecule has 3 aromatic rings. The predicted octanol–water partition coefficient (Wildman–Crippen LogP) is 3.04. The van der Waals surface area contributed by atoms with Crippen molar-refractivity contribution in [3.8, 4) is 10.4 Å². The highest BCUT2D eigenvalue weighted by molar-refractivity contribution is 7.91. The van der Waals surface area contributed by atoms with Gasteiger partial charge in [0.25, 0.3) is 0 Å². The number of β-amino-alcohol motifs (C(OH)–C–C–N with tert-alkyl or cyclic N) is 1. The molecule has 1 saturated heterocycles. The van der Waals surface area contributed by atoms with Crippen LogP contribution in [0, 0.1) is 0 Å². The van der Waals surface area contributed by atoms with Gasteiger partial charge in [0.1, 0.15) is 21.2 Å². The van der Waals surface area contributed by atoms with E-state index in [0.717, 1.165) is 20.5 Å². The van der Waals surface area contributed by atoms with E-state index < -0.39 is 26.2 Å². The van der Waals surface area contributed by atoms with Crippen molar-refractivity contribution < 1.29 is 17.9 Å². The predicted molar refractivity (Wildman–Crippen MR) is 118 cm³/mol. The van der Waals surface area contributed by atoms with Crippen LogP contribution >= 0.6 is 11.3 Å². The fourth-order valence-corrected chi connectivity index (χ4v) is 6.87. The molecular formula is C21H21FN4O3S2. The summed E-state index contributed by atoms with van der Waals surface area (Å²) in [6.45, 7) is 2.56. The molecule has 162 valence electrons. The fourth-order valence-electron chi connectivity index (χ4n) is 4.23. The normalized spacial score (nSPS) is 23.7. The largest absolute Gasteiger partial charge is 0.380 e. The van der Waals surface area contributed by atoms with Crippen LogP contribution in [0.25, 0.3) is 21.5 Å². The van der Waals surface area contributed by atoms with E-state index in [1.54, 1.807) is 24.5 Å². The van der Waals surface area contributed by atoms with Gasteiger partial charge >= 0.3 is 0 Å². The van der Waals surface area contributed by atoms with E-state index in [2.05, 4.69) is 9.97 Å². The zero-order chi connectivity index (χ0) is 22.0. The molecule has 1 fully saturated rings. The van der Waals surface area contributed by atoms with E-state index in [0.29, 0.717) is 23.5 Å². The second-order valence-electron chi connectivity index (χ2n) is 8.39. The molecule has 1 unspecified atom stereocenters. The number of aliphatic hydroxyl groups is 1. The molecule has 1 atom stereocenters. The van der Waals surface area contributed by atoms with Crippen LogP contribution in [0.3, 0.4) is 0 Å². The van der Waals surface area contributed by atoms with E-state index >= 15 is 0 Å². The van der Waals surface area contributed by atoms with Gasteiger partial charge in [0.15, 0.2) is 5.65 Å². The summed E-state index contributed by atoms with van der Waals surface area (Å²) >= 11 is 1.39. The molecule has 0 radical (unpaired) electrons. The summed E-state index contributed by atoms with van der Waals surface area (Å²) in [4.78, 5) is 11.6. The van der Waals surface area contributed by atoms with E-state index in [1.165, 1.54) is 36.6 Å². The van der Waals surface area contributed by atoms with Gasteiger partial charge in [-0.2, -0.15) is 0 Å². The van der Waals surface area contributed by atoms with Crippen LogP contribution in [0.2, 0.25) is 0 Å². The molecule has 2 aliphatic rings. The molecule has 3 aromatic heterocycles. The molecule has 0 spiro atoms. The highest BCUT2D eigenvalue weighted by Crippen LogP contribution is 2.40. The lowest BCUT2D eigenvalue weighted by Crippen LogP contribution is -2.57. The highest BCUT2D eigenvalue weighted by atomic mass is 32.2. The minimum atomic E-state index is -3.97. The number of thiazole rings is 1. The van der Waals surface area contributed by atoms with Crippen LogP contribution < -0.4 is 0 Å². The molecule has 5 rings (SSSR count). The summed E-state index contributed by atoms with van der Waals surface area (Å²) in [5, 5.41) is 12.0. The molecule has 0 bridgehead atoms. The number of halogens is 1. The Morgan fingerprint density at radius 1 is 1.26 bits per heavy atom. The number of hydrogen-bond donors (Lipinski definition) is 1. The Morgan fingerprint density at radius 2 is 2.03 bits per heavy atom.